The van der Waals surface area contributed by atoms with Crippen molar-refractivity contribution < 1.29 is 4.74 Å². The van der Waals surface area contributed by atoms with Crippen LogP contribution in [0.15, 0.2) is 29.0 Å². The van der Waals surface area contributed by atoms with Crippen molar-refractivity contribution in [2.75, 3.05) is 12.3 Å². The second-order valence-electron chi connectivity index (χ2n) is 3.82. The molecule has 0 radical (unpaired) electrons. The summed E-state index contributed by atoms with van der Waals surface area (Å²) in [4.78, 5) is 4.14. The zero-order chi connectivity index (χ0) is 13.1. The molecule has 2 rings (SSSR count). The highest BCUT2D eigenvalue weighted by Gasteiger charge is 2.08. The first-order chi connectivity index (χ1) is 8.58. The summed E-state index contributed by atoms with van der Waals surface area (Å²) in [6.45, 7) is 3.19. The van der Waals surface area contributed by atoms with Gasteiger partial charge in [0.1, 0.15) is 12.4 Å². The molecular formula is C12H13BrClN3O. The number of hydrogen-bond acceptors (Lipinski definition) is 3. The van der Waals surface area contributed by atoms with Crippen LogP contribution in [0.25, 0.3) is 0 Å². The fourth-order valence-corrected chi connectivity index (χ4v) is 2.57. The van der Waals surface area contributed by atoms with E-state index in [1.165, 1.54) is 0 Å². The van der Waals surface area contributed by atoms with Crippen molar-refractivity contribution in [3.05, 3.63) is 39.8 Å². The van der Waals surface area contributed by atoms with E-state index in [0.29, 0.717) is 23.1 Å². The molecule has 96 valence electrons. The number of ether oxygens (including phenoxy) is 1. The van der Waals surface area contributed by atoms with Crippen LogP contribution >= 0.6 is 27.5 Å². The minimum Gasteiger partial charge on any atom is -0.488 e. The van der Waals surface area contributed by atoms with Gasteiger partial charge in [0.25, 0.3) is 0 Å². The lowest BCUT2D eigenvalue weighted by molar-refractivity contribution is 0.297. The summed E-state index contributed by atoms with van der Waals surface area (Å²) in [5, 5.41) is 0.581. The van der Waals surface area contributed by atoms with Crippen LogP contribution in [-0.2, 0) is 6.54 Å². The first-order valence-electron chi connectivity index (χ1n) is 5.43. The average molecular weight is 331 g/mol. The number of aryl methyl sites for hydroxylation is 1. The van der Waals surface area contributed by atoms with E-state index in [1.54, 1.807) is 18.3 Å². The third-order valence-corrected chi connectivity index (χ3v) is 3.35. The zero-order valence-corrected chi connectivity index (χ0v) is 12.2. The summed E-state index contributed by atoms with van der Waals surface area (Å²) in [6, 6.07) is 3.43. The van der Waals surface area contributed by atoms with Crippen LogP contribution < -0.4 is 10.5 Å². The van der Waals surface area contributed by atoms with E-state index in [0.717, 1.165) is 16.8 Å². The number of hydrogen-bond donors (Lipinski definition) is 1. The van der Waals surface area contributed by atoms with Crippen molar-refractivity contribution in [1.82, 2.24) is 9.55 Å². The Labute approximate surface area is 119 Å². The molecule has 1 aromatic carbocycles. The average Bonchev–Trinajstić information content (AvgIpc) is 2.68. The van der Waals surface area contributed by atoms with E-state index < -0.39 is 0 Å². The maximum atomic E-state index is 5.88. The monoisotopic (exact) mass is 329 g/mol. The van der Waals surface area contributed by atoms with E-state index in [2.05, 4.69) is 20.9 Å². The standard InChI is InChI=1S/C12H13BrClN3O/c1-8-16-2-3-17(8)4-5-18-12-10(13)6-9(14)7-11(12)15/h2-3,6-7H,4-5,15H2,1H3. The molecule has 2 aromatic rings. The predicted molar refractivity (Wildman–Crippen MR) is 76.0 cm³/mol. The largest absolute Gasteiger partial charge is 0.488 e. The van der Waals surface area contributed by atoms with Crippen LogP contribution in [0.4, 0.5) is 5.69 Å². The van der Waals surface area contributed by atoms with Crippen molar-refractivity contribution in [3.63, 3.8) is 0 Å². The number of halogens is 2. The molecule has 0 fully saturated rings. The van der Waals surface area contributed by atoms with Crippen molar-refractivity contribution >= 4 is 33.2 Å². The van der Waals surface area contributed by atoms with Gasteiger partial charge >= 0.3 is 0 Å². The number of nitrogens with two attached hydrogens (primary N) is 1. The number of nitrogen functional groups attached to an aromatic ring is 1. The first kappa shape index (κ1) is 13.2. The molecule has 0 aliphatic rings. The van der Waals surface area contributed by atoms with Crippen LogP contribution in [0.3, 0.4) is 0 Å². The highest BCUT2D eigenvalue weighted by Crippen LogP contribution is 2.34. The van der Waals surface area contributed by atoms with Gasteiger partial charge in [-0.2, -0.15) is 0 Å². The molecule has 1 heterocycles. The molecule has 0 bridgehead atoms. The van der Waals surface area contributed by atoms with Crippen LogP contribution in [0.1, 0.15) is 5.82 Å². The molecule has 0 aliphatic carbocycles. The quantitative estimate of drug-likeness (QED) is 0.875. The molecule has 0 saturated heterocycles. The summed E-state index contributed by atoms with van der Waals surface area (Å²) >= 11 is 9.26. The molecule has 0 aliphatic heterocycles. The Balaban J connectivity index is 2.01. The summed E-state index contributed by atoms with van der Waals surface area (Å²) in [7, 11) is 0. The minimum absolute atomic E-state index is 0.516. The molecule has 0 atom stereocenters. The summed E-state index contributed by atoms with van der Waals surface area (Å²) < 4.78 is 8.44. The van der Waals surface area contributed by atoms with Gasteiger partial charge in [-0.1, -0.05) is 11.6 Å². The van der Waals surface area contributed by atoms with Crippen LogP contribution in [0.5, 0.6) is 5.75 Å². The van der Waals surface area contributed by atoms with E-state index >= 15 is 0 Å². The lowest BCUT2D eigenvalue weighted by Gasteiger charge is -2.12. The third-order valence-electron chi connectivity index (χ3n) is 2.54. The van der Waals surface area contributed by atoms with Crippen molar-refractivity contribution in [2.45, 2.75) is 13.5 Å². The van der Waals surface area contributed by atoms with E-state index in [4.69, 9.17) is 22.1 Å². The van der Waals surface area contributed by atoms with Gasteiger partial charge in [-0.15, -0.1) is 0 Å². The van der Waals surface area contributed by atoms with Crippen LogP contribution in [-0.4, -0.2) is 16.2 Å². The first-order valence-corrected chi connectivity index (χ1v) is 6.60. The molecule has 0 unspecified atom stereocenters. The Hall–Kier alpha value is -1.20. The fraction of sp³-hybridized carbons (Fsp3) is 0.250. The summed E-state index contributed by atoms with van der Waals surface area (Å²) in [5.41, 5.74) is 6.38. The van der Waals surface area contributed by atoms with Gasteiger partial charge in [-0.3, -0.25) is 0 Å². The normalized spacial score (nSPS) is 10.6. The lowest BCUT2D eigenvalue weighted by atomic mass is 10.3. The van der Waals surface area contributed by atoms with E-state index in [1.807, 2.05) is 17.7 Å². The van der Waals surface area contributed by atoms with Gasteiger partial charge in [0.15, 0.2) is 5.75 Å². The molecule has 0 spiro atoms. The second kappa shape index (κ2) is 5.63. The fourth-order valence-electron chi connectivity index (χ4n) is 1.62. The van der Waals surface area contributed by atoms with Gasteiger partial charge in [0, 0.05) is 17.4 Å². The maximum Gasteiger partial charge on any atom is 0.156 e. The second-order valence-corrected chi connectivity index (χ2v) is 5.11. The molecule has 4 nitrogen and oxygen atoms in total. The molecule has 1 aromatic heterocycles. The number of imidazole rings is 1. The molecule has 6 heteroatoms. The zero-order valence-electron chi connectivity index (χ0n) is 9.86. The Kier molecular flexibility index (Phi) is 4.14. The van der Waals surface area contributed by atoms with Crippen LogP contribution in [0, 0.1) is 6.92 Å². The molecule has 18 heavy (non-hydrogen) atoms. The predicted octanol–water partition coefficient (Wildman–Crippen LogP) is 3.27. The summed E-state index contributed by atoms with van der Waals surface area (Å²) in [5.74, 6) is 1.58. The number of benzene rings is 1. The SMILES string of the molecule is Cc1nccn1CCOc1c(N)cc(Cl)cc1Br. The number of nitrogens with zero attached hydrogens (tertiary/aromatic N) is 2. The van der Waals surface area contributed by atoms with Gasteiger partial charge in [0.2, 0.25) is 0 Å². The highest BCUT2D eigenvalue weighted by atomic mass is 79.9. The highest BCUT2D eigenvalue weighted by molar-refractivity contribution is 9.10. The van der Waals surface area contributed by atoms with Crippen molar-refractivity contribution in [1.29, 1.82) is 0 Å². The Morgan fingerprint density at radius 1 is 1.50 bits per heavy atom. The molecule has 0 amide bonds. The Morgan fingerprint density at radius 2 is 2.28 bits per heavy atom. The molecule has 0 saturated carbocycles. The smallest absolute Gasteiger partial charge is 0.156 e. The topological polar surface area (TPSA) is 53.1 Å². The Bertz CT molecular complexity index is 533. The van der Waals surface area contributed by atoms with Gasteiger partial charge in [-0.25, -0.2) is 4.98 Å². The number of anilines is 1. The van der Waals surface area contributed by atoms with Crippen LogP contribution in [0.2, 0.25) is 5.02 Å². The van der Waals surface area contributed by atoms with Crippen molar-refractivity contribution in [2.24, 2.45) is 0 Å². The van der Waals surface area contributed by atoms with Gasteiger partial charge in [-0.05, 0) is 35.0 Å². The third kappa shape index (κ3) is 2.97. The maximum absolute atomic E-state index is 5.88. The summed E-state index contributed by atoms with van der Waals surface area (Å²) in [6.07, 6.45) is 3.68. The van der Waals surface area contributed by atoms with E-state index in [-0.39, 0.29) is 0 Å². The van der Waals surface area contributed by atoms with Gasteiger partial charge < -0.3 is 15.0 Å². The number of aromatic nitrogens is 2. The van der Waals surface area contributed by atoms with Crippen molar-refractivity contribution in [3.8, 4) is 5.75 Å². The number of rotatable bonds is 4. The van der Waals surface area contributed by atoms with Gasteiger partial charge in [0.05, 0.1) is 16.7 Å². The Morgan fingerprint density at radius 3 is 2.89 bits per heavy atom. The molecule has 2 N–H and O–H groups in total. The molecular weight excluding hydrogens is 318 g/mol. The lowest BCUT2D eigenvalue weighted by Crippen LogP contribution is -2.10. The minimum atomic E-state index is 0.516. The van der Waals surface area contributed by atoms with E-state index in [9.17, 15) is 0 Å².